The van der Waals surface area contributed by atoms with E-state index < -0.39 is 79.2 Å². The number of carboxylic acid groups (broad SMARTS) is 2. The Balaban J connectivity index is 3.13. The molecule has 0 aliphatic rings. The number of primary amides is 1. The van der Waals surface area contributed by atoms with Crippen LogP contribution in [0, 0.1) is 0 Å². The maximum atomic E-state index is 13.1. The molecular weight excluding hydrogens is 494 g/mol. The van der Waals surface area contributed by atoms with E-state index >= 15 is 0 Å². The van der Waals surface area contributed by atoms with Gasteiger partial charge in [-0.25, -0.2) is 4.79 Å². The zero-order valence-corrected chi connectivity index (χ0v) is 19.8. The maximum absolute atomic E-state index is 13.1. The van der Waals surface area contributed by atoms with Crippen LogP contribution in [0.1, 0.15) is 31.2 Å². The molecule has 37 heavy (non-hydrogen) atoms. The summed E-state index contributed by atoms with van der Waals surface area (Å²) in [6, 6.07) is -0.150. The highest BCUT2D eigenvalue weighted by Gasteiger charge is 2.31. The number of carboxylic acids is 2. The van der Waals surface area contributed by atoms with Crippen LogP contribution in [0.3, 0.4) is 0 Å². The van der Waals surface area contributed by atoms with Crippen LogP contribution < -0.4 is 27.4 Å². The second-order valence-electron chi connectivity index (χ2n) is 8.12. The minimum absolute atomic E-state index is 0.0502. The molecule has 4 amide bonds. The fourth-order valence-corrected chi connectivity index (χ4v) is 3.06. The number of aliphatic hydroxyl groups excluding tert-OH is 1. The standard InChI is InChI=1S/C22H31N5O10/c23-13(10-28)19(33)27-16(9-11-1-3-12(29)4-2-11)21(35)25-14(6-8-18(31)32)20(34)26-15(22(36)37)5-7-17(24)30/h1-4,13-16,28-29H,5-10,23H2,(H2,24,30)(H,25,35)(H,26,34)(H,27,33)(H,31,32)(H,36,37). The first-order chi connectivity index (χ1) is 17.3. The number of phenols is 1. The summed E-state index contributed by atoms with van der Waals surface area (Å²) in [5.74, 6) is -6.47. The molecule has 0 saturated heterocycles. The molecule has 4 atom stereocenters. The second kappa shape index (κ2) is 15.0. The smallest absolute Gasteiger partial charge is 0.326 e. The molecule has 0 aromatic heterocycles. The lowest BCUT2D eigenvalue weighted by molar-refractivity contribution is -0.143. The van der Waals surface area contributed by atoms with Crippen LogP contribution >= 0.6 is 0 Å². The first-order valence-corrected chi connectivity index (χ1v) is 11.1. The van der Waals surface area contributed by atoms with Crippen LogP contribution in [0.25, 0.3) is 0 Å². The van der Waals surface area contributed by atoms with Crippen LogP contribution in [-0.2, 0) is 35.2 Å². The van der Waals surface area contributed by atoms with Gasteiger partial charge < -0.3 is 47.8 Å². The van der Waals surface area contributed by atoms with E-state index in [1.165, 1.54) is 24.3 Å². The molecule has 15 heteroatoms. The van der Waals surface area contributed by atoms with Crippen molar-refractivity contribution in [2.45, 2.75) is 56.3 Å². The van der Waals surface area contributed by atoms with Gasteiger partial charge >= 0.3 is 11.9 Å². The minimum atomic E-state index is -1.54. The fraction of sp³-hybridized carbons (Fsp3) is 0.455. The van der Waals surface area contributed by atoms with Crippen LogP contribution in [0.4, 0.5) is 0 Å². The molecule has 0 aliphatic heterocycles. The molecule has 11 N–H and O–H groups in total. The molecule has 0 bridgehead atoms. The average Bonchev–Trinajstić information content (AvgIpc) is 2.83. The van der Waals surface area contributed by atoms with E-state index in [4.69, 9.17) is 21.7 Å². The largest absolute Gasteiger partial charge is 0.508 e. The topological polar surface area (TPSA) is 271 Å². The monoisotopic (exact) mass is 525 g/mol. The van der Waals surface area contributed by atoms with Crippen molar-refractivity contribution in [3.8, 4) is 5.75 Å². The number of aliphatic carboxylic acids is 2. The molecule has 0 heterocycles. The van der Waals surface area contributed by atoms with Crippen LogP contribution in [0.5, 0.6) is 5.75 Å². The first kappa shape index (κ1) is 30.8. The number of rotatable bonds is 16. The van der Waals surface area contributed by atoms with Crippen molar-refractivity contribution in [1.82, 2.24) is 16.0 Å². The molecule has 1 aromatic rings. The first-order valence-electron chi connectivity index (χ1n) is 11.1. The summed E-state index contributed by atoms with van der Waals surface area (Å²) in [5.41, 5.74) is 11.0. The normalized spacial score (nSPS) is 13.9. The summed E-state index contributed by atoms with van der Waals surface area (Å²) >= 11 is 0. The summed E-state index contributed by atoms with van der Waals surface area (Å²) in [6.07, 6.45) is -1.82. The Morgan fingerprint density at radius 3 is 1.81 bits per heavy atom. The van der Waals surface area contributed by atoms with Gasteiger partial charge in [-0.1, -0.05) is 12.1 Å². The van der Waals surface area contributed by atoms with Gasteiger partial charge in [0.1, 0.15) is 29.9 Å². The van der Waals surface area contributed by atoms with E-state index in [2.05, 4.69) is 16.0 Å². The van der Waals surface area contributed by atoms with Crippen molar-refractivity contribution in [3.05, 3.63) is 29.8 Å². The van der Waals surface area contributed by atoms with Crippen molar-refractivity contribution in [2.75, 3.05) is 6.61 Å². The van der Waals surface area contributed by atoms with Crippen molar-refractivity contribution in [2.24, 2.45) is 11.5 Å². The number of nitrogens with two attached hydrogens (primary N) is 2. The van der Waals surface area contributed by atoms with Crippen molar-refractivity contribution in [3.63, 3.8) is 0 Å². The van der Waals surface area contributed by atoms with Crippen LogP contribution in [0.15, 0.2) is 24.3 Å². The molecule has 15 nitrogen and oxygen atoms in total. The SMILES string of the molecule is NC(=O)CCC(NC(=O)C(CCC(=O)O)NC(=O)C(Cc1ccc(O)cc1)NC(=O)C(N)CO)C(=O)O. The van der Waals surface area contributed by atoms with Gasteiger partial charge in [0.05, 0.1) is 6.61 Å². The molecule has 0 spiro atoms. The number of carbonyl (C=O) groups is 6. The highest BCUT2D eigenvalue weighted by Crippen LogP contribution is 2.12. The lowest BCUT2D eigenvalue weighted by Gasteiger charge is -2.25. The third kappa shape index (κ3) is 11.4. The summed E-state index contributed by atoms with van der Waals surface area (Å²) in [6.45, 7) is -0.717. The van der Waals surface area contributed by atoms with Gasteiger partial charge in [-0.05, 0) is 30.5 Å². The highest BCUT2D eigenvalue weighted by atomic mass is 16.4. The number of aromatic hydroxyl groups is 1. The number of nitrogens with one attached hydrogen (secondary N) is 3. The van der Waals surface area contributed by atoms with Gasteiger partial charge in [-0.15, -0.1) is 0 Å². The Morgan fingerprint density at radius 1 is 0.784 bits per heavy atom. The summed E-state index contributed by atoms with van der Waals surface area (Å²) in [4.78, 5) is 71.6. The Hall–Kier alpha value is -4.24. The van der Waals surface area contributed by atoms with Crippen LogP contribution in [-0.4, -0.2) is 86.8 Å². The molecule has 204 valence electrons. The van der Waals surface area contributed by atoms with Crippen LogP contribution in [0.2, 0.25) is 0 Å². The maximum Gasteiger partial charge on any atom is 0.326 e. The van der Waals surface area contributed by atoms with Crippen molar-refractivity contribution < 1.29 is 49.2 Å². The highest BCUT2D eigenvalue weighted by molar-refractivity contribution is 5.94. The Morgan fingerprint density at radius 2 is 1.30 bits per heavy atom. The third-order valence-electron chi connectivity index (χ3n) is 5.12. The van der Waals surface area contributed by atoms with E-state index in [0.717, 1.165) is 0 Å². The zero-order chi connectivity index (χ0) is 28.1. The van der Waals surface area contributed by atoms with Gasteiger partial charge in [0, 0.05) is 19.3 Å². The summed E-state index contributed by atoms with van der Waals surface area (Å²) in [5, 5.41) is 43.7. The molecule has 0 aliphatic carbocycles. The van der Waals surface area contributed by atoms with Gasteiger partial charge in [0.2, 0.25) is 23.6 Å². The molecular formula is C22H31N5O10. The summed E-state index contributed by atoms with van der Waals surface area (Å²) in [7, 11) is 0. The number of amides is 4. The Kier molecular flexibility index (Phi) is 12.5. The quantitative estimate of drug-likeness (QED) is 0.104. The lowest BCUT2D eigenvalue weighted by atomic mass is 10.0. The molecule has 0 saturated carbocycles. The van der Waals surface area contributed by atoms with Crippen molar-refractivity contribution in [1.29, 1.82) is 0 Å². The Bertz CT molecular complexity index is 985. The number of phenolic OH excluding ortho intramolecular Hbond substituents is 1. The van der Waals surface area contributed by atoms with Gasteiger partial charge in [-0.2, -0.15) is 0 Å². The third-order valence-corrected chi connectivity index (χ3v) is 5.12. The molecule has 1 rings (SSSR count). The number of aliphatic hydroxyl groups is 1. The van der Waals surface area contributed by atoms with Gasteiger partial charge in [0.15, 0.2) is 0 Å². The van der Waals surface area contributed by atoms with Crippen molar-refractivity contribution >= 4 is 35.6 Å². The predicted molar refractivity (Wildman–Crippen MR) is 126 cm³/mol. The molecule has 4 unspecified atom stereocenters. The number of carbonyl (C=O) groups excluding carboxylic acids is 4. The Labute approximate surface area is 211 Å². The number of benzene rings is 1. The van der Waals surface area contributed by atoms with E-state index in [9.17, 15) is 39.0 Å². The van der Waals surface area contributed by atoms with E-state index in [-0.39, 0.29) is 25.0 Å². The van der Waals surface area contributed by atoms with E-state index in [0.29, 0.717) is 5.56 Å². The second-order valence-corrected chi connectivity index (χ2v) is 8.12. The fourth-order valence-electron chi connectivity index (χ4n) is 3.06. The average molecular weight is 526 g/mol. The molecule has 0 radical (unpaired) electrons. The van der Waals surface area contributed by atoms with E-state index in [1.54, 1.807) is 0 Å². The van der Waals surface area contributed by atoms with Gasteiger partial charge in [0.25, 0.3) is 0 Å². The number of hydrogen-bond donors (Lipinski definition) is 9. The van der Waals surface area contributed by atoms with Gasteiger partial charge in [-0.3, -0.25) is 24.0 Å². The van der Waals surface area contributed by atoms with E-state index in [1.807, 2.05) is 0 Å². The minimum Gasteiger partial charge on any atom is -0.508 e. The number of hydrogen-bond acceptors (Lipinski definition) is 9. The molecule has 1 aromatic carbocycles. The lowest BCUT2D eigenvalue weighted by Crippen LogP contribution is -2.58. The predicted octanol–water partition coefficient (Wildman–Crippen LogP) is -3.08. The molecule has 0 fully saturated rings. The summed E-state index contributed by atoms with van der Waals surface area (Å²) < 4.78 is 0. The zero-order valence-electron chi connectivity index (χ0n) is 19.8.